The molecule has 1 amide bonds. The third kappa shape index (κ3) is 3.97. The molecule has 1 unspecified atom stereocenters. The van der Waals surface area contributed by atoms with Crippen LogP contribution in [0.3, 0.4) is 0 Å². The number of hydrogen-bond donors (Lipinski definition) is 1. The van der Waals surface area contributed by atoms with Gasteiger partial charge in [0, 0.05) is 38.0 Å². The van der Waals surface area contributed by atoms with Crippen molar-refractivity contribution in [1.29, 1.82) is 0 Å². The van der Waals surface area contributed by atoms with Crippen molar-refractivity contribution in [3.05, 3.63) is 24.3 Å². The number of unbranched alkanes of at least 4 members (excludes halogenated alkanes) is 1. The van der Waals surface area contributed by atoms with Crippen LogP contribution in [0.15, 0.2) is 24.3 Å². The van der Waals surface area contributed by atoms with E-state index in [2.05, 4.69) is 29.3 Å². The minimum absolute atomic E-state index is 0.0974. The average molecular weight is 276 g/mol. The van der Waals surface area contributed by atoms with E-state index in [9.17, 15) is 4.79 Å². The lowest BCUT2D eigenvalue weighted by molar-refractivity contribution is -0.116. The zero-order chi connectivity index (χ0) is 14.4. The number of nitrogens with zero attached hydrogens (tertiary/aromatic N) is 1. The van der Waals surface area contributed by atoms with Crippen molar-refractivity contribution in [2.45, 2.75) is 38.7 Å². The van der Waals surface area contributed by atoms with Gasteiger partial charge in [0.25, 0.3) is 0 Å². The lowest BCUT2D eigenvalue weighted by Crippen LogP contribution is -2.22. The first kappa shape index (κ1) is 14.9. The Morgan fingerprint density at radius 3 is 2.75 bits per heavy atom. The Hall–Kier alpha value is -1.55. The molecule has 1 aromatic carbocycles. The van der Waals surface area contributed by atoms with Crippen LogP contribution >= 0.6 is 0 Å². The Labute approximate surface area is 121 Å². The molecular weight excluding hydrogens is 252 g/mol. The molecule has 110 valence electrons. The van der Waals surface area contributed by atoms with Crippen LogP contribution in [0.5, 0.6) is 0 Å². The van der Waals surface area contributed by atoms with Gasteiger partial charge >= 0.3 is 0 Å². The summed E-state index contributed by atoms with van der Waals surface area (Å²) < 4.78 is 5.38. The summed E-state index contributed by atoms with van der Waals surface area (Å²) in [4.78, 5) is 14.0. The SMILES string of the molecule is CCCCC(=O)Nc1ccc(N2CCC(OC)C2)cc1. The molecule has 1 N–H and O–H groups in total. The minimum Gasteiger partial charge on any atom is -0.380 e. The minimum atomic E-state index is 0.0974. The number of hydrogen-bond acceptors (Lipinski definition) is 3. The quantitative estimate of drug-likeness (QED) is 0.868. The number of methoxy groups -OCH3 is 1. The highest BCUT2D eigenvalue weighted by Crippen LogP contribution is 2.23. The summed E-state index contributed by atoms with van der Waals surface area (Å²) in [6.07, 6.45) is 3.99. The second-order valence-corrected chi connectivity index (χ2v) is 5.29. The molecule has 20 heavy (non-hydrogen) atoms. The number of carbonyl (C=O) groups is 1. The van der Waals surface area contributed by atoms with Crippen LogP contribution in [0.2, 0.25) is 0 Å². The Morgan fingerprint density at radius 1 is 1.40 bits per heavy atom. The van der Waals surface area contributed by atoms with Crippen LogP contribution in [-0.4, -0.2) is 32.2 Å². The van der Waals surface area contributed by atoms with Crippen molar-refractivity contribution in [3.63, 3.8) is 0 Å². The van der Waals surface area contributed by atoms with Gasteiger partial charge in [-0.15, -0.1) is 0 Å². The number of nitrogens with one attached hydrogen (secondary N) is 1. The van der Waals surface area contributed by atoms with Gasteiger partial charge in [-0.05, 0) is 37.1 Å². The van der Waals surface area contributed by atoms with Crippen molar-refractivity contribution in [3.8, 4) is 0 Å². The summed E-state index contributed by atoms with van der Waals surface area (Å²) >= 11 is 0. The summed E-state index contributed by atoms with van der Waals surface area (Å²) in [5.74, 6) is 0.0974. The highest BCUT2D eigenvalue weighted by Gasteiger charge is 2.21. The van der Waals surface area contributed by atoms with Crippen molar-refractivity contribution >= 4 is 17.3 Å². The van der Waals surface area contributed by atoms with E-state index < -0.39 is 0 Å². The smallest absolute Gasteiger partial charge is 0.224 e. The summed E-state index contributed by atoms with van der Waals surface area (Å²) in [5.41, 5.74) is 2.06. The van der Waals surface area contributed by atoms with Gasteiger partial charge in [0.1, 0.15) is 0 Å². The predicted molar refractivity (Wildman–Crippen MR) is 82.2 cm³/mol. The molecule has 1 saturated heterocycles. The summed E-state index contributed by atoms with van der Waals surface area (Å²) in [5, 5.41) is 2.93. The molecule has 2 rings (SSSR count). The highest BCUT2D eigenvalue weighted by molar-refractivity contribution is 5.90. The molecule has 0 aliphatic carbocycles. The van der Waals surface area contributed by atoms with Crippen molar-refractivity contribution in [2.75, 3.05) is 30.4 Å². The second-order valence-electron chi connectivity index (χ2n) is 5.29. The van der Waals surface area contributed by atoms with Crippen molar-refractivity contribution < 1.29 is 9.53 Å². The van der Waals surface area contributed by atoms with Crippen LogP contribution < -0.4 is 10.2 Å². The summed E-state index contributed by atoms with van der Waals surface area (Å²) in [7, 11) is 1.77. The van der Waals surface area contributed by atoms with Gasteiger partial charge in [-0.3, -0.25) is 4.79 Å². The van der Waals surface area contributed by atoms with Gasteiger partial charge in [-0.25, -0.2) is 0 Å². The zero-order valence-corrected chi connectivity index (χ0v) is 12.4. The molecule has 1 aliphatic rings. The van der Waals surface area contributed by atoms with Gasteiger partial charge < -0.3 is 15.0 Å². The first-order valence-corrected chi connectivity index (χ1v) is 7.40. The molecule has 0 radical (unpaired) electrons. The van der Waals surface area contributed by atoms with Crippen LogP contribution in [0.4, 0.5) is 11.4 Å². The molecule has 4 heteroatoms. The van der Waals surface area contributed by atoms with Gasteiger partial charge in [-0.2, -0.15) is 0 Å². The first-order chi connectivity index (χ1) is 9.72. The van der Waals surface area contributed by atoms with Crippen LogP contribution in [0.25, 0.3) is 0 Å². The van der Waals surface area contributed by atoms with Gasteiger partial charge in [-0.1, -0.05) is 13.3 Å². The average Bonchev–Trinajstić information content (AvgIpc) is 2.95. The monoisotopic (exact) mass is 276 g/mol. The Bertz CT molecular complexity index is 431. The lowest BCUT2D eigenvalue weighted by atomic mass is 10.2. The van der Waals surface area contributed by atoms with Crippen molar-refractivity contribution in [1.82, 2.24) is 0 Å². The third-order valence-corrected chi connectivity index (χ3v) is 3.75. The Kier molecular flexibility index (Phi) is 5.41. The molecule has 0 aromatic heterocycles. The molecule has 1 aliphatic heterocycles. The van der Waals surface area contributed by atoms with Crippen LogP contribution in [-0.2, 0) is 9.53 Å². The van der Waals surface area contributed by atoms with Gasteiger partial charge in [0.15, 0.2) is 0 Å². The second kappa shape index (κ2) is 7.29. The largest absolute Gasteiger partial charge is 0.380 e. The number of anilines is 2. The number of rotatable bonds is 6. The first-order valence-electron chi connectivity index (χ1n) is 7.40. The standard InChI is InChI=1S/C16H24N2O2/c1-3-4-5-16(19)17-13-6-8-14(9-7-13)18-11-10-15(12-18)20-2/h6-9,15H,3-5,10-12H2,1-2H3,(H,17,19). The molecule has 1 aromatic rings. The normalized spacial score (nSPS) is 18.3. The highest BCUT2D eigenvalue weighted by atomic mass is 16.5. The molecule has 1 fully saturated rings. The maximum atomic E-state index is 11.7. The molecule has 0 saturated carbocycles. The molecule has 1 heterocycles. The molecular formula is C16H24N2O2. The zero-order valence-electron chi connectivity index (χ0n) is 12.4. The van der Waals surface area contributed by atoms with E-state index in [1.165, 1.54) is 5.69 Å². The molecule has 0 spiro atoms. The van der Waals surface area contributed by atoms with Crippen molar-refractivity contribution in [2.24, 2.45) is 0 Å². The summed E-state index contributed by atoms with van der Waals surface area (Å²) in [6, 6.07) is 8.07. The van der Waals surface area contributed by atoms with Crippen LogP contribution in [0, 0.1) is 0 Å². The van der Waals surface area contributed by atoms with Gasteiger partial charge in [0.05, 0.1) is 6.10 Å². The van der Waals surface area contributed by atoms with Gasteiger partial charge in [0.2, 0.25) is 5.91 Å². The van der Waals surface area contributed by atoms with E-state index >= 15 is 0 Å². The van der Waals surface area contributed by atoms with E-state index in [-0.39, 0.29) is 5.91 Å². The number of benzene rings is 1. The number of amides is 1. The van der Waals surface area contributed by atoms with E-state index in [4.69, 9.17) is 4.74 Å². The fourth-order valence-corrected chi connectivity index (χ4v) is 2.47. The van der Waals surface area contributed by atoms with E-state index in [0.29, 0.717) is 12.5 Å². The molecule has 4 nitrogen and oxygen atoms in total. The third-order valence-electron chi connectivity index (χ3n) is 3.75. The number of ether oxygens (including phenoxy) is 1. The maximum Gasteiger partial charge on any atom is 0.224 e. The van der Waals surface area contributed by atoms with E-state index in [1.54, 1.807) is 7.11 Å². The number of carbonyl (C=O) groups excluding carboxylic acids is 1. The topological polar surface area (TPSA) is 41.6 Å². The van der Waals surface area contributed by atoms with Crippen LogP contribution in [0.1, 0.15) is 32.6 Å². The molecule has 0 bridgehead atoms. The lowest BCUT2D eigenvalue weighted by Gasteiger charge is -2.18. The summed E-state index contributed by atoms with van der Waals surface area (Å²) in [6.45, 7) is 4.06. The maximum absolute atomic E-state index is 11.7. The van der Waals surface area contributed by atoms with E-state index in [0.717, 1.165) is 38.0 Å². The molecule has 1 atom stereocenters. The fourth-order valence-electron chi connectivity index (χ4n) is 2.47. The Morgan fingerprint density at radius 2 is 2.15 bits per heavy atom. The fraction of sp³-hybridized carbons (Fsp3) is 0.562. The van der Waals surface area contributed by atoms with E-state index in [1.807, 2.05) is 12.1 Å². The Balaban J connectivity index is 1.88. The predicted octanol–water partition coefficient (Wildman–Crippen LogP) is 3.04.